The average Bonchev–Trinajstić information content (AvgIpc) is 3.32. The maximum atomic E-state index is 12.6. The summed E-state index contributed by atoms with van der Waals surface area (Å²) in [5.41, 5.74) is 5.35. The first-order valence-corrected chi connectivity index (χ1v) is 26.1. The number of phosphoric ester groups is 1. The number of ether oxygens (including phenoxy) is 2. The summed E-state index contributed by atoms with van der Waals surface area (Å²) in [7, 11) is -4.43. The van der Waals surface area contributed by atoms with Gasteiger partial charge < -0.3 is 20.1 Å². The smallest absolute Gasteiger partial charge is 0.462 e. The third-order valence-corrected chi connectivity index (χ3v) is 10.1. The van der Waals surface area contributed by atoms with E-state index in [9.17, 15) is 19.0 Å². The van der Waals surface area contributed by atoms with Gasteiger partial charge in [0.05, 0.1) is 13.2 Å². The summed E-state index contributed by atoms with van der Waals surface area (Å²) >= 11 is 0. The van der Waals surface area contributed by atoms with E-state index in [1.54, 1.807) is 0 Å². The molecule has 0 aliphatic carbocycles. The molecule has 10 heteroatoms. The van der Waals surface area contributed by atoms with Crippen LogP contribution in [-0.2, 0) is 32.7 Å². The fraction of sp³-hybridized carbons (Fsp3) is 0.474. The summed E-state index contributed by atoms with van der Waals surface area (Å²) in [6.45, 7) is 3.33. The molecule has 2 unspecified atom stereocenters. The van der Waals surface area contributed by atoms with Gasteiger partial charge in [0, 0.05) is 19.4 Å². The third-order valence-electron chi connectivity index (χ3n) is 9.11. The van der Waals surface area contributed by atoms with E-state index in [1.807, 2.05) is 12.2 Å². The fourth-order valence-corrected chi connectivity index (χ4v) is 6.32. The zero-order valence-electron chi connectivity index (χ0n) is 41.0. The van der Waals surface area contributed by atoms with Crippen molar-refractivity contribution in [1.29, 1.82) is 0 Å². The highest BCUT2D eigenvalue weighted by molar-refractivity contribution is 7.47. The SMILES string of the molecule is CC/C=C\C/C=C\C/C=C\C/C=C\C/C=C\C/C=C\C/C=C\C/C=C\CCCCC(=O)OC(COC(=O)CC/C=C\C/C=C\C/C=C\C/C=C\C/C=C\C/C=C\CC)COP(=O)(O)OCCN. The van der Waals surface area contributed by atoms with Crippen molar-refractivity contribution >= 4 is 19.8 Å². The van der Waals surface area contributed by atoms with Crippen molar-refractivity contribution in [2.75, 3.05) is 26.4 Å². The summed E-state index contributed by atoms with van der Waals surface area (Å²) < 4.78 is 32.7. The maximum absolute atomic E-state index is 12.6. The lowest BCUT2D eigenvalue weighted by Gasteiger charge is -2.19. The number of unbranched alkanes of at least 4 members (excludes halogenated alkanes) is 2. The minimum absolute atomic E-state index is 0.0255. The molecule has 3 N–H and O–H groups in total. The van der Waals surface area contributed by atoms with Crippen molar-refractivity contribution in [2.45, 2.75) is 148 Å². The molecule has 2 atom stereocenters. The van der Waals surface area contributed by atoms with Crippen molar-refractivity contribution in [2.24, 2.45) is 5.73 Å². The Kier molecular flexibility index (Phi) is 47.3. The van der Waals surface area contributed by atoms with Gasteiger partial charge in [-0.1, -0.05) is 184 Å². The molecule has 0 aliphatic rings. The Balaban J connectivity index is 4.33. The summed E-state index contributed by atoms with van der Waals surface area (Å²) in [6, 6.07) is 0. The van der Waals surface area contributed by atoms with Crippen LogP contribution in [-0.4, -0.2) is 49.3 Å². The Morgan fingerprint density at radius 1 is 0.448 bits per heavy atom. The van der Waals surface area contributed by atoms with Crippen LogP contribution < -0.4 is 5.73 Å². The van der Waals surface area contributed by atoms with Gasteiger partial charge in [0.15, 0.2) is 6.10 Å². The Labute approximate surface area is 406 Å². The third kappa shape index (κ3) is 50.6. The first kappa shape index (κ1) is 62.4. The molecule has 0 aromatic heterocycles. The van der Waals surface area contributed by atoms with Crippen LogP contribution in [0.3, 0.4) is 0 Å². The number of carbonyl (C=O) groups is 2. The lowest BCUT2D eigenvalue weighted by atomic mass is 10.2. The number of phosphoric acid groups is 1. The topological polar surface area (TPSA) is 134 Å². The number of nitrogens with two attached hydrogens (primary N) is 1. The standard InChI is InChI=1S/C57H86NO8P/c1-3-5-7-9-11-13-15-17-19-21-23-24-25-26-27-28-29-30-32-34-36-38-40-42-44-46-48-50-57(60)66-55(54-65-67(61,62)64-52-51-58)53-63-56(59)49-47-45-43-41-39-37-35-33-31-22-20-18-16-14-12-10-8-6-4-2/h5-8,11-14,17-20,23-24,26-27,29-31,33-34,36-37,39-40,42-43,45,55H,3-4,9-10,15-16,21-22,25,28,32,35,38,41,44,46-54,58H2,1-2H3,(H,61,62)/b7-5-,8-6-,13-11-,14-12-,19-17-,20-18-,24-23-,27-26-,30-29-,33-31-,36-34-,39-37-,42-40-,45-43-. The monoisotopic (exact) mass is 944 g/mol. The van der Waals surface area contributed by atoms with Crippen LogP contribution in [0.5, 0.6) is 0 Å². The number of rotatable bonds is 43. The van der Waals surface area contributed by atoms with E-state index < -0.39 is 32.5 Å². The van der Waals surface area contributed by atoms with Crippen molar-refractivity contribution in [3.63, 3.8) is 0 Å². The van der Waals surface area contributed by atoms with Gasteiger partial charge >= 0.3 is 19.8 Å². The molecule has 0 rings (SSSR count). The lowest BCUT2D eigenvalue weighted by molar-refractivity contribution is -0.161. The Hall–Kier alpha value is -4.63. The number of carbonyl (C=O) groups excluding carboxylic acids is 2. The normalized spacial score (nSPS) is 14.6. The molecule has 0 radical (unpaired) electrons. The van der Waals surface area contributed by atoms with Crippen LogP contribution in [0.1, 0.15) is 142 Å². The van der Waals surface area contributed by atoms with Crippen molar-refractivity contribution in [3.8, 4) is 0 Å². The Morgan fingerprint density at radius 2 is 0.791 bits per heavy atom. The summed E-state index contributed by atoms with van der Waals surface area (Å²) in [5, 5.41) is 0. The molecule has 0 aliphatic heterocycles. The second-order valence-corrected chi connectivity index (χ2v) is 16.7. The molecule has 0 aromatic carbocycles. The molecule has 9 nitrogen and oxygen atoms in total. The van der Waals surface area contributed by atoms with Gasteiger partial charge in [-0.3, -0.25) is 18.6 Å². The molecule has 372 valence electrons. The molecule has 0 saturated heterocycles. The highest BCUT2D eigenvalue weighted by atomic mass is 31.2. The number of esters is 2. The van der Waals surface area contributed by atoms with Crippen LogP contribution in [0.2, 0.25) is 0 Å². The lowest BCUT2D eigenvalue weighted by Crippen LogP contribution is -2.29. The molecule has 0 spiro atoms. The van der Waals surface area contributed by atoms with E-state index in [1.165, 1.54) is 0 Å². The van der Waals surface area contributed by atoms with Gasteiger partial charge in [-0.2, -0.15) is 0 Å². The maximum Gasteiger partial charge on any atom is 0.472 e. The van der Waals surface area contributed by atoms with Crippen LogP contribution in [0.25, 0.3) is 0 Å². The van der Waals surface area contributed by atoms with Crippen LogP contribution in [0.4, 0.5) is 0 Å². The van der Waals surface area contributed by atoms with Crippen molar-refractivity contribution < 1.29 is 37.6 Å². The zero-order chi connectivity index (χ0) is 48.8. The van der Waals surface area contributed by atoms with Gasteiger partial charge in [0.2, 0.25) is 0 Å². The second-order valence-electron chi connectivity index (χ2n) is 15.2. The van der Waals surface area contributed by atoms with Gasteiger partial charge in [-0.25, -0.2) is 4.57 Å². The van der Waals surface area contributed by atoms with Gasteiger partial charge in [0.1, 0.15) is 6.61 Å². The quantitative estimate of drug-likeness (QED) is 0.0265. The molecule has 0 heterocycles. The largest absolute Gasteiger partial charge is 0.472 e. The number of hydrogen-bond donors (Lipinski definition) is 2. The average molecular weight is 944 g/mol. The van der Waals surface area contributed by atoms with Crippen molar-refractivity contribution in [3.05, 3.63) is 170 Å². The van der Waals surface area contributed by atoms with Gasteiger partial charge in [-0.15, -0.1) is 0 Å². The predicted octanol–water partition coefficient (Wildman–Crippen LogP) is 15.2. The molecule has 0 amide bonds. The highest BCUT2D eigenvalue weighted by Gasteiger charge is 2.25. The molecule has 0 bridgehead atoms. The predicted molar refractivity (Wildman–Crippen MR) is 283 cm³/mol. The Bertz CT molecular complexity index is 1690. The van der Waals surface area contributed by atoms with E-state index in [2.05, 4.69) is 172 Å². The Morgan fingerprint density at radius 3 is 1.15 bits per heavy atom. The second kappa shape index (κ2) is 50.8. The van der Waals surface area contributed by atoms with E-state index in [-0.39, 0.29) is 32.6 Å². The molecule has 0 aromatic rings. The summed E-state index contributed by atoms with van der Waals surface area (Å²) in [4.78, 5) is 35.0. The van der Waals surface area contributed by atoms with E-state index in [0.717, 1.165) is 103 Å². The minimum Gasteiger partial charge on any atom is -0.462 e. The van der Waals surface area contributed by atoms with E-state index in [0.29, 0.717) is 12.8 Å². The molecular formula is C57H86NO8P. The van der Waals surface area contributed by atoms with Crippen molar-refractivity contribution in [1.82, 2.24) is 0 Å². The first-order chi connectivity index (χ1) is 32.8. The summed E-state index contributed by atoms with van der Waals surface area (Å²) in [6.07, 6.45) is 75.5. The number of allylic oxidation sites excluding steroid dienone is 28. The number of hydrogen-bond acceptors (Lipinski definition) is 8. The van der Waals surface area contributed by atoms with Crippen LogP contribution in [0.15, 0.2) is 170 Å². The van der Waals surface area contributed by atoms with Gasteiger partial charge in [-0.05, 0) is 116 Å². The highest BCUT2D eigenvalue weighted by Crippen LogP contribution is 2.43. The molecule has 0 saturated carbocycles. The van der Waals surface area contributed by atoms with Gasteiger partial charge in [0.25, 0.3) is 0 Å². The minimum atomic E-state index is -4.43. The zero-order valence-corrected chi connectivity index (χ0v) is 41.9. The first-order valence-electron chi connectivity index (χ1n) is 24.6. The molecule has 67 heavy (non-hydrogen) atoms. The van der Waals surface area contributed by atoms with E-state index >= 15 is 0 Å². The van der Waals surface area contributed by atoms with Crippen LogP contribution in [0, 0.1) is 0 Å². The molecule has 0 fully saturated rings. The van der Waals surface area contributed by atoms with E-state index in [4.69, 9.17) is 24.3 Å². The summed E-state index contributed by atoms with van der Waals surface area (Å²) in [5.74, 6) is -0.998. The van der Waals surface area contributed by atoms with Crippen LogP contribution >= 0.6 is 7.82 Å². The fourth-order valence-electron chi connectivity index (χ4n) is 5.56. The molecular weight excluding hydrogens is 858 g/mol.